The van der Waals surface area contributed by atoms with Crippen molar-refractivity contribution in [2.45, 2.75) is 31.5 Å². The lowest BCUT2D eigenvalue weighted by molar-refractivity contribution is 0.0540. The number of benzene rings is 2. The van der Waals surface area contributed by atoms with E-state index in [0.717, 1.165) is 52.4 Å². The summed E-state index contributed by atoms with van der Waals surface area (Å²) in [5.74, 6) is -1.09. The van der Waals surface area contributed by atoms with Gasteiger partial charge in [-0.05, 0) is 48.5 Å². The van der Waals surface area contributed by atoms with Gasteiger partial charge in [-0.2, -0.15) is 0 Å². The molecular formula is C25H24F2N2O4. The van der Waals surface area contributed by atoms with Crippen LogP contribution in [-0.4, -0.2) is 37.6 Å². The minimum atomic E-state index is -0.552. The highest BCUT2D eigenvalue weighted by Crippen LogP contribution is 2.42. The number of methoxy groups -OCH3 is 2. The van der Waals surface area contributed by atoms with Crippen LogP contribution in [0.2, 0.25) is 0 Å². The minimum Gasteiger partial charge on any atom is -0.493 e. The Morgan fingerprint density at radius 1 is 1.24 bits per heavy atom. The first kappa shape index (κ1) is 21.5. The van der Waals surface area contributed by atoms with E-state index in [-0.39, 0.29) is 24.3 Å². The molecule has 3 heterocycles. The molecular weight excluding hydrogens is 430 g/mol. The summed E-state index contributed by atoms with van der Waals surface area (Å²) in [4.78, 5) is 13.1. The number of hydrogen-bond acceptors (Lipinski definition) is 5. The molecule has 1 N–H and O–H groups in total. The number of aromatic nitrogens is 1. The van der Waals surface area contributed by atoms with Crippen LogP contribution in [0, 0.1) is 11.6 Å². The maximum atomic E-state index is 14.6. The Labute approximate surface area is 189 Å². The summed E-state index contributed by atoms with van der Waals surface area (Å²) in [5, 5.41) is 3.99. The van der Waals surface area contributed by atoms with Crippen LogP contribution in [0.1, 0.15) is 39.5 Å². The van der Waals surface area contributed by atoms with E-state index >= 15 is 0 Å². The van der Waals surface area contributed by atoms with Gasteiger partial charge in [0.2, 0.25) is 0 Å². The van der Waals surface area contributed by atoms with Crippen LogP contribution in [0.4, 0.5) is 8.78 Å². The van der Waals surface area contributed by atoms with Crippen molar-refractivity contribution in [3.63, 3.8) is 0 Å². The lowest BCUT2D eigenvalue weighted by Crippen LogP contribution is -2.36. The summed E-state index contributed by atoms with van der Waals surface area (Å²) in [6.45, 7) is 0.548. The van der Waals surface area contributed by atoms with Gasteiger partial charge in [0.15, 0.2) is 0 Å². The van der Waals surface area contributed by atoms with E-state index < -0.39 is 17.6 Å². The minimum absolute atomic E-state index is 0.0300. The van der Waals surface area contributed by atoms with Gasteiger partial charge in [0.1, 0.15) is 29.3 Å². The molecule has 0 fully saturated rings. The summed E-state index contributed by atoms with van der Waals surface area (Å²) < 4.78 is 46.9. The zero-order valence-corrected chi connectivity index (χ0v) is 18.4. The number of nitrogens with one attached hydrogen (secondary N) is 1. The van der Waals surface area contributed by atoms with Crippen molar-refractivity contribution in [3.05, 3.63) is 76.6 Å². The van der Waals surface area contributed by atoms with Gasteiger partial charge in [0.05, 0.1) is 20.3 Å². The number of halogens is 2. The van der Waals surface area contributed by atoms with Gasteiger partial charge in [0.25, 0.3) is 0 Å². The number of rotatable bonds is 5. The summed E-state index contributed by atoms with van der Waals surface area (Å²) in [6, 6.07) is 7.23. The summed E-state index contributed by atoms with van der Waals surface area (Å²) in [6.07, 6.45) is 4.78. The van der Waals surface area contributed by atoms with Gasteiger partial charge < -0.3 is 24.1 Å². The molecule has 2 unspecified atom stereocenters. The second-order valence-electron chi connectivity index (χ2n) is 8.22. The Bertz CT molecular complexity index is 1270. The highest BCUT2D eigenvalue weighted by molar-refractivity contribution is 6.00. The van der Waals surface area contributed by atoms with E-state index in [1.165, 1.54) is 7.11 Å². The topological polar surface area (TPSA) is 61.7 Å². The van der Waals surface area contributed by atoms with Crippen molar-refractivity contribution in [1.29, 1.82) is 0 Å². The van der Waals surface area contributed by atoms with Gasteiger partial charge in [0, 0.05) is 41.5 Å². The van der Waals surface area contributed by atoms with E-state index in [0.29, 0.717) is 18.7 Å². The number of fused-ring (bicyclic) bond motifs is 2. The largest absolute Gasteiger partial charge is 0.493 e. The Balaban J connectivity index is 1.80. The molecule has 0 spiro atoms. The van der Waals surface area contributed by atoms with E-state index in [2.05, 4.69) is 5.32 Å². The molecule has 172 valence electrons. The molecule has 6 nitrogen and oxygen atoms in total. The van der Waals surface area contributed by atoms with Gasteiger partial charge in [-0.15, -0.1) is 0 Å². The van der Waals surface area contributed by atoms with Crippen molar-refractivity contribution in [2.75, 3.05) is 20.8 Å². The third-order valence-corrected chi connectivity index (χ3v) is 6.39. The molecule has 0 saturated heterocycles. The molecule has 0 saturated carbocycles. The zero-order chi connectivity index (χ0) is 23.1. The fourth-order valence-electron chi connectivity index (χ4n) is 4.85. The number of hydrogen-bond donors (Lipinski definition) is 1. The van der Waals surface area contributed by atoms with Gasteiger partial charge in [-0.3, -0.25) is 0 Å². The van der Waals surface area contributed by atoms with Crippen molar-refractivity contribution in [2.24, 2.45) is 0 Å². The highest BCUT2D eigenvalue weighted by Gasteiger charge is 2.35. The number of esters is 1. The maximum Gasteiger partial charge on any atom is 0.355 e. The molecule has 0 amide bonds. The lowest BCUT2D eigenvalue weighted by Gasteiger charge is -2.29. The molecule has 33 heavy (non-hydrogen) atoms. The second kappa shape index (κ2) is 8.51. The van der Waals surface area contributed by atoms with E-state index in [1.54, 1.807) is 11.7 Å². The molecule has 0 aliphatic carbocycles. The molecule has 3 aromatic rings. The van der Waals surface area contributed by atoms with Crippen LogP contribution < -0.4 is 10.1 Å². The monoisotopic (exact) mass is 454 g/mol. The Morgan fingerprint density at radius 2 is 2.09 bits per heavy atom. The van der Waals surface area contributed by atoms with Crippen LogP contribution in [0.3, 0.4) is 0 Å². The average molecular weight is 454 g/mol. The van der Waals surface area contributed by atoms with Crippen LogP contribution in [-0.2, 0) is 22.4 Å². The van der Waals surface area contributed by atoms with Crippen LogP contribution in [0.15, 0.2) is 42.6 Å². The van der Waals surface area contributed by atoms with Gasteiger partial charge >= 0.3 is 5.97 Å². The Morgan fingerprint density at radius 3 is 2.88 bits per heavy atom. The predicted octanol–water partition coefficient (Wildman–Crippen LogP) is 4.25. The fourth-order valence-corrected chi connectivity index (χ4v) is 4.85. The first-order chi connectivity index (χ1) is 16.0. The quantitative estimate of drug-likeness (QED) is 0.584. The molecule has 2 aromatic carbocycles. The molecule has 8 heteroatoms. The van der Waals surface area contributed by atoms with Crippen molar-refractivity contribution >= 4 is 16.9 Å². The molecule has 1 aromatic heterocycles. The van der Waals surface area contributed by atoms with Crippen molar-refractivity contribution in [1.82, 2.24) is 9.88 Å². The first-order valence-corrected chi connectivity index (χ1v) is 10.8. The Hall–Kier alpha value is -3.39. The zero-order valence-electron chi connectivity index (χ0n) is 18.4. The van der Waals surface area contributed by atoms with Crippen LogP contribution in [0.25, 0.3) is 10.9 Å². The number of ether oxygens (including phenoxy) is 3. The third kappa shape index (κ3) is 3.64. The second-order valence-corrected chi connectivity index (χ2v) is 8.22. The summed E-state index contributed by atoms with van der Waals surface area (Å²) in [7, 11) is 2.91. The highest BCUT2D eigenvalue weighted by atomic mass is 19.1. The lowest BCUT2D eigenvalue weighted by atomic mass is 9.89. The fraction of sp³-hybridized carbons (Fsp3) is 0.320. The molecule has 2 aliphatic heterocycles. The van der Waals surface area contributed by atoms with Gasteiger partial charge in [-0.25, -0.2) is 13.6 Å². The number of allylic oxidation sites excluding steroid dienone is 1. The van der Waals surface area contributed by atoms with Crippen LogP contribution >= 0.6 is 0 Å². The third-order valence-electron chi connectivity index (χ3n) is 6.39. The number of carbonyl (C=O) groups is 1. The molecule has 5 rings (SSSR count). The summed E-state index contributed by atoms with van der Waals surface area (Å²) in [5.41, 5.74) is 2.92. The molecule has 2 atom stereocenters. The molecule has 0 radical (unpaired) electrons. The standard InChI is InChI=1S/C25H24F2N2O4/c1-31-24-17(4-3-8-28-24)22-18-12-21-14(7-9-33-21)11-20(18)29(23(22)25(30)32-2)13-15-10-16(26)5-6-19(15)27/h3,5-6,8,10-12,17,24,28H,4,7,9,13H2,1-2H3. The number of nitrogens with zero attached hydrogens (tertiary/aromatic N) is 1. The van der Waals surface area contributed by atoms with Crippen LogP contribution in [0.5, 0.6) is 5.75 Å². The van der Waals surface area contributed by atoms with E-state index in [9.17, 15) is 13.6 Å². The molecule has 2 aliphatic rings. The van der Waals surface area contributed by atoms with Crippen molar-refractivity contribution in [3.8, 4) is 5.75 Å². The molecule has 0 bridgehead atoms. The predicted molar refractivity (Wildman–Crippen MR) is 118 cm³/mol. The number of carbonyl (C=O) groups excluding carboxylic acids is 1. The van der Waals surface area contributed by atoms with E-state index in [4.69, 9.17) is 14.2 Å². The van der Waals surface area contributed by atoms with E-state index in [1.807, 2.05) is 24.4 Å². The summed E-state index contributed by atoms with van der Waals surface area (Å²) >= 11 is 0. The van der Waals surface area contributed by atoms with Crippen molar-refractivity contribution < 1.29 is 27.8 Å². The maximum absolute atomic E-state index is 14.6. The van der Waals surface area contributed by atoms with Gasteiger partial charge in [-0.1, -0.05) is 6.08 Å². The first-order valence-electron chi connectivity index (χ1n) is 10.8. The normalized spacial score (nSPS) is 19.3. The Kier molecular flexibility index (Phi) is 5.54. The smallest absolute Gasteiger partial charge is 0.355 e. The average Bonchev–Trinajstić information content (AvgIpc) is 3.41. The SMILES string of the molecule is COC(=O)c1c(C2CC=CNC2OC)c2cc3c(cc2n1Cc1cc(F)ccc1F)CCO3.